The van der Waals surface area contributed by atoms with Crippen LogP contribution in [-0.4, -0.2) is 27.0 Å². The van der Waals surface area contributed by atoms with E-state index in [1.54, 1.807) is 30.5 Å². The van der Waals surface area contributed by atoms with Gasteiger partial charge in [-0.05, 0) is 30.5 Å². The molecule has 0 aliphatic heterocycles. The molecule has 1 aliphatic rings. The third kappa shape index (κ3) is 3.89. The van der Waals surface area contributed by atoms with Gasteiger partial charge >= 0.3 is 5.97 Å². The lowest BCUT2D eigenvalue weighted by atomic mass is 10.0. The highest BCUT2D eigenvalue weighted by Gasteiger charge is 2.28. The van der Waals surface area contributed by atoms with Gasteiger partial charge in [0.25, 0.3) is 5.91 Å². The number of carboxylic acid groups (broad SMARTS) is 1. The smallest absolute Gasteiger partial charge is 0.305 e. The highest BCUT2D eigenvalue weighted by Crippen LogP contribution is 2.37. The zero-order chi connectivity index (χ0) is 17.1. The van der Waals surface area contributed by atoms with Gasteiger partial charge in [-0.2, -0.15) is 0 Å². The van der Waals surface area contributed by atoms with Crippen LogP contribution in [0, 0.1) is 0 Å². The van der Waals surface area contributed by atoms with Crippen LogP contribution in [0.3, 0.4) is 0 Å². The Morgan fingerprint density at radius 3 is 2.71 bits per heavy atom. The summed E-state index contributed by atoms with van der Waals surface area (Å²) in [7, 11) is 0. The van der Waals surface area contributed by atoms with E-state index in [4.69, 9.17) is 16.7 Å². The van der Waals surface area contributed by atoms with Gasteiger partial charge in [-0.25, -0.2) is 9.97 Å². The summed E-state index contributed by atoms with van der Waals surface area (Å²) in [5.74, 6) is -0.474. The van der Waals surface area contributed by atoms with Crippen molar-refractivity contribution < 1.29 is 14.7 Å². The molecule has 2 N–H and O–H groups in total. The molecule has 0 spiro atoms. The summed E-state index contributed by atoms with van der Waals surface area (Å²) in [5.41, 5.74) is 0.792. The Morgan fingerprint density at radius 1 is 1.29 bits per heavy atom. The summed E-state index contributed by atoms with van der Waals surface area (Å²) in [6, 6.07) is 7.64. The van der Waals surface area contributed by atoms with E-state index in [9.17, 15) is 9.59 Å². The molecule has 0 saturated heterocycles. The number of halogens is 1. The summed E-state index contributed by atoms with van der Waals surface area (Å²) in [6.45, 7) is 0. The van der Waals surface area contributed by atoms with Crippen LogP contribution in [0.2, 0.25) is 5.02 Å². The highest BCUT2D eigenvalue weighted by atomic mass is 35.5. The molecule has 7 heteroatoms. The van der Waals surface area contributed by atoms with Crippen molar-refractivity contribution in [1.82, 2.24) is 15.3 Å². The second-order valence-corrected chi connectivity index (χ2v) is 6.13. The Balaban J connectivity index is 1.81. The number of carboxylic acids is 1. The number of carbonyl (C=O) groups excluding carboxylic acids is 1. The minimum atomic E-state index is -1.03. The van der Waals surface area contributed by atoms with Crippen LogP contribution in [0.25, 0.3) is 0 Å². The molecule has 1 amide bonds. The lowest BCUT2D eigenvalue weighted by molar-refractivity contribution is -0.137. The molecule has 3 rings (SSSR count). The maximum Gasteiger partial charge on any atom is 0.305 e. The first-order valence-corrected chi connectivity index (χ1v) is 8.02. The van der Waals surface area contributed by atoms with E-state index in [1.807, 2.05) is 0 Å². The van der Waals surface area contributed by atoms with Crippen LogP contribution in [0.4, 0.5) is 0 Å². The minimum Gasteiger partial charge on any atom is -0.481 e. The molecule has 1 atom stereocenters. The van der Waals surface area contributed by atoms with Gasteiger partial charge in [0.15, 0.2) is 0 Å². The molecule has 1 saturated carbocycles. The average Bonchev–Trinajstić information content (AvgIpc) is 3.39. The van der Waals surface area contributed by atoms with Crippen molar-refractivity contribution >= 4 is 23.5 Å². The lowest BCUT2D eigenvalue weighted by Crippen LogP contribution is -2.31. The van der Waals surface area contributed by atoms with Crippen molar-refractivity contribution in [3.8, 4) is 0 Å². The fraction of sp³-hybridized carbons (Fsp3) is 0.294. The molecule has 1 heterocycles. The molecule has 24 heavy (non-hydrogen) atoms. The predicted octanol–water partition coefficient (Wildman–Crippen LogP) is 2.95. The van der Waals surface area contributed by atoms with Crippen LogP contribution in [-0.2, 0) is 4.79 Å². The number of hydrogen-bond acceptors (Lipinski definition) is 4. The molecule has 6 nitrogen and oxygen atoms in total. The first kappa shape index (κ1) is 16.4. The summed E-state index contributed by atoms with van der Waals surface area (Å²) in [5, 5.41) is 12.2. The van der Waals surface area contributed by atoms with Gasteiger partial charge in [-0.15, -0.1) is 0 Å². The van der Waals surface area contributed by atoms with Gasteiger partial charge in [-0.1, -0.05) is 29.8 Å². The van der Waals surface area contributed by atoms with Gasteiger partial charge in [0.2, 0.25) is 0 Å². The van der Waals surface area contributed by atoms with Crippen molar-refractivity contribution in [2.75, 3.05) is 0 Å². The third-order valence-electron chi connectivity index (χ3n) is 3.81. The van der Waals surface area contributed by atoms with Gasteiger partial charge in [0, 0.05) is 17.1 Å². The standard InChI is InChI=1S/C17H16ClN3O3/c18-12-4-2-1-3-11(12)14(9-15(22)23)21-17(24)13-7-8-19-16(20-13)10-5-6-10/h1-4,7-8,10,14H,5-6,9H2,(H,21,24)(H,22,23). The van der Waals surface area contributed by atoms with Crippen LogP contribution < -0.4 is 5.32 Å². The monoisotopic (exact) mass is 345 g/mol. The maximum absolute atomic E-state index is 12.5. The fourth-order valence-corrected chi connectivity index (χ4v) is 2.71. The third-order valence-corrected chi connectivity index (χ3v) is 4.16. The second kappa shape index (κ2) is 6.97. The molecule has 0 bridgehead atoms. The van der Waals surface area contributed by atoms with E-state index in [2.05, 4.69) is 15.3 Å². The number of benzene rings is 1. The summed E-state index contributed by atoms with van der Waals surface area (Å²) in [4.78, 5) is 32.1. The van der Waals surface area contributed by atoms with Crippen LogP contribution in [0.1, 0.15) is 53.1 Å². The van der Waals surface area contributed by atoms with Gasteiger partial charge in [0.05, 0.1) is 12.5 Å². The number of nitrogens with zero attached hydrogens (tertiary/aromatic N) is 2. The van der Waals surface area contributed by atoms with Crippen molar-refractivity contribution in [2.24, 2.45) is 0 Å². The maximum atomic E-state index is 12.5. The number of rotatable bonds is 6. The molecule has 1 aliphatic carbocycles. The molecule has 2 aromatic rings. The number of amides is 1. The number of carbonyl (C=O) groups is 2. The number of aromatic nitrogens is 2. The lowest BCUT2D eigenvalue weighted by Gasteiger charge is -2.18. The van der Waals surface area contributed by atoms with E-state index >= 15 is 0 Å². The van der Waals surface area contributed by atoms with Crippen molar-refractivity contribution in [3.63, 3.8) is 0 Å². The summed E-state index contributed by atoms with van der Waals surface area (Å²) < 4.78 is 0. The van der Waals surface area contributed by atoms with E-state index in [1.165, 1.54) is 6.07 Å². The van der Waals surface area contributed by atoms with E-state index in [0.29, 0.717) is 22.3 Å². The zero-order valence-electron chi connectivity index (χ0n) is 12.8. The molecule has 124 valence electrons. The van der Waals surface area contributed by atoms with Crippen molar-refractivity contribution in [1.29, 1.82) is 0 Å². The van der Waals surface area contributed by atoms with Gasteiger partial charge in [-0.3, -0.25) is 9.59 Å². The Morgan fingerprint density at radius 2 is 2.04 bits per heavy atom. The molecule has 1 unspecified atom stereocenters. The SMILES string of the molecule is O=C(O)CC(NC(=O)c1ccnc(C2CC2)n1)c1ccccc1Cl. The second-order valence-electron chi connectivity index (χ2n) is 5.72. The molecule has 0 radical (unpaired) electrons. The van der Waals surface area contributed by atoms with Crippen LogP contribution in [0.15, 0.2) is 36.5 Å². The van der Waals surface area contributed by atoms with Crippen molar-refractivity contribution in [2.45, 2.75) is 31.2 Å². The highest BCUT2D eigenvalue weighted by molar-refractivity contribution is 6.31. The largest absolute Gasteiger partial charge is 0.481 e. The predicted molar refractivity (Wildman–Crippen MR) is 87.9 cm³/mol. The van der Waals surface area contributed by atoms with Crippen LogP contribution >= 0.6 is 11.6 Å². The van der Waals surface area contributed by atoms with E-state index < -0.39 is 17.9 Å². The van der Waals surface area contributed by atoms with Gasteiger partial charge < -0.3 is 10.4 Å². The van der Waals surface area contributed by atoms with E-state index in [-0.39, 0.29) is 12.1 Å². The average molecular weight is 346 g/mol. The Bertz CT molecular complexity index is 777. The van der Waals surface area contributed by atoms with Crippen LogP contribution in [0.5, 0.6) is 0 Å². The first-order chi connectivity index (χ1) is 11.5. The zero-order valence-corrected chi connectivity index (χ0v) is 13.5. The number of hydrogen-bond donors (Lipinski definition) is 2. The molecule has 1 aromatic carbocycles. The summed E-state index contributed by atoms with van der Waals surface area (Å²) >= 11 is 6.14. The molecular formula is C17H16ClN3O3. The quantitative estimate of drug-likeness (QED) is 0.839. The fourth-order valence-electron chi connectivity index (χ4n) is 2.44. The molecule has 1 fully saturated rings. The Labute approximate surface area is 143 Å². The van der Waals surface area contributed by atoms with E-state index in [0.717, 1.165) is 12.8 Å². The topological polar surface area (TPSA) is 92.2 Å². The Hall–Kier alpha value is -2.47. The summed E-state index contributed by atoms with van der Waals surface area (Å²) in [6.07, 6.45) is 3.35. The van der Waals surface area contributed by atoms with Gasteiger partial charge in [0.1, 0.15) is 11.5 Å². The number of aliphatic carboxylic acids is 1. The number of nitrogens with one attached hydrogen (secondary N) is 1. The Kier molecular flexibility index (Phi) is 4.76. The van der Waals surface area contributed by atoms with Crippen molar-refractivity contribution in [3.05, 3.63) is 58.6 Å². The molecular weight excluding hydrogens is 330 g/mol. The first-order valence-electron chi connectivity index (χ1n) is 7.64. The molecule has 1 aromatic heterocycles. The normalized spacial score (nSPS) is 14.9. The minimum absolute atomic E-state index is 0.231.